The third-order valence-corrected chi connectivity index (χ3v) is 5.93. The molecule has 2 unspecified atom stereocenters. The van der Waals surface area contributed by atoms with Gasteiger partial charge in [0.15, 0.2) is 5.82 Å². The Balaban J connectivity index is 1.54. The summed E-state index contributed by atoms with van der Waals surface area (Å²) in [6.07, 6.45) is 5.24. The molecule has 1 aromatic heterocycles. The molecule has 2 aliphatic heterocycles. The third-order valence-electron chi connectivity index (χ3n) is 5.93. The van der Waals surface area contributed by atoms with Crippen molar-refractivity contribution in [3.63, 3.8) is 0 Å². The van der Waals surface area contributed by atoms with Crippen molar-refractivity contribution in [2.24, 2.45) is 0 Å². The summed E-state index contributed by atoms with van der Waals surface area (Å²) in [5.74, 6) is 1.68. The monoisotopic (exact) mass is 375 g/mol. The molecule has 2 fully saturated rings. The van der Waals surface area contributed by atoms with E-state index in [1.165, 1.54) is 12.8 Å². The summed E-state index contributed by atoms with van der Waals surface area (Å²) < 4.78 is 11.6. The molecule has 5 rings (SSSR count). The molecule has 2 saturated heterocycles. The van der Waals surface area contributed by atoms with E-state index < -0.39 is 0 Å². The zero-order chi connectivity index (χ0) is 19.1. The molecule has 3 aromatic rings. The molecule has 0 spiro atoms. The minimum atomic E-state index is 0.392. The van der Waals surface area contributed by atoms with Crippen LogP contribution in [0.1, 0.15) is 31.2 Å². The van der Waals surface area contributed by atoms with Crippen molar-refractivity contribution in [3.8, 4) is 17.0 Å². The quantitative estimate of drug-likeness (QED) is 0.714. The molecule has 3 heterocycles. The smallest absolute Gasteiger partial charge is 0.156 e. The first-order chi connectivity index (χ1) is 13.7. The van der Waals surface area contributed by atoms with Gasteiger partial charge in [-0.3, -0.25) is 0 Å². The van der Waals surface area contributed by atoms with Crippen LogP contribution in [0.3, 0.4) is 0 Å². The lowest BCUT2D eigenvalue weighted by atomic mass is 10.0. The first-order valence-corrected chi connectivity index (χ1v) is 10.0. The summed E-state index contributed by atoms with van der Waals surface area (Å²) in [6, 6.07) is 14.9. The predicted molar refractivity (Wildman–Crippen MR) is 111 cm³/mol. The standard InChI is InChI=1S/C23H25N3O2/c1-14-7-10-20(21(11-14)27-2)22-18-5-3-4-6-19(18)23(26-25-22)24-15-12-16-8-9-17(13-15)28-16/h3-7,10-11,15-17H,8-9,12-13H2,1-2H3,(H,24,26). The lowest BCUT2D eigenvalue weighted by Crippen LogP contribution is -2.34. The normalized spacial score (nSPS) is 23.7. The van der Waals surface area contributed by atoms with Gasteiger partial charge in [0.2, 0.25) is 0 Å². The van der Waals surface area contributed by atoms with E-state index in [0.717, 1.165) is 52.0 Å². The molecule has 0 amide bonds. The number of nitrogens with zero attached hydrogens (tertiary/aromatic N) is 2. The molecule has 1 N–H and O–H groups in total. The molecule has 2 atom stereocenters. The van der Waals surface area contributed by atoms with Crippen LogP contribution in [0, 0.1) is 6.92 Å². The predicted octanol–water partition coefficient (Wildman–Crippen LogP) is 4.74. The Kier molecular flexibility index (Phi) is 4.40. The van der Waals surface area contributed by atoms with Crippen LogP contribution in [0.15, 0.2) is 42.5 Å². The molecule has 0 radical (unpaired) electrons. The molecular weight excluding hydrogens is 350 g/mol. The Morgan fingerprint density at radius 3 is 2.50 bits per heavy atom. The lowest BCUT2D eigenvalue weighted by molar-refractivity contribution is 0.000663. The van der Waals surface area contributed by atoms with Gasteiger partial charge < -0.3 is 14.8 Å². The van der Waals surface area contributed by atoms with Gasteiger partial charge in [-0.25, -0.2) is 0 Å². The minimum Gasteiger partial charge on any atom is -0.496 e. The van der Waals surface area contributed by atoms with Gasteiger partial charge in [0, 0.05) is 22.4 Å². The van der Waals surface area contributed by atoms with E-state index in [4.69, 9.17) is 9.47 Å². The Labute approximate surface area is 165 Å². The van der Waals surface area contributed by atoms with Gasteiger partial charge >= 0.3 is 0 Å². The van der Waals surface area contributed by atoms with E-state index in [1.54, 1.807) is 7.11 Å². The maximum absolute atomic E-state index is 5.97. The fourth-order valence-corrected chi connectivity index (χ4v) is 4.57. The van der Waals surface area contributed by atoms with Crippen LogP contribution in [0.25, 0.3) is 22.0 Å². The zero-order valence-electron chi connectivity index (χ0n) is 16.3. The highest BCUT2D eigenvalue weighted by Crippen LogP contribution is 2.37. The molecule has 5 heteroatoms. The number of fused-ring (bicyclic) bond motifs is 3. The van der Waals surface area contributed by atoms with Gasteiger partial charge in [0.1, 0.15) is 11.4 Å². The molecule has 144 valence electrons. The maximum Gasteiger partial charge on any atom is 0.156 e. The van der Waals surface area contributed by atoms with Crippen molar-refractivity contribution in [3.05, 3.63) is 48.0 Å². The number of benzene rings is 2. The molecule has 5 nitrogen and oxygen atoms in total. The van der Waals surface area contributed by atoms with Gasteiger partial charge in [0.25, 0.3) is 0 Å². The van der Waals surface area contributed by atoms with Gasteiger partial charge in [0.05, 0.1) is 19.3 Å². The van der Waals surface area contributed by atoms with Crippen LogP contribution in [0.2, 0.25) is 0 Å². The largest absolute Gasteiger partial charge is 0.496 e. The van der Waals surface area contributed by atoms with Crippen LogP contribution in [-0.4, -0.2) is 35.6 Å². The zero-order valence-corrected chi connectivity index (χ0v) is 16.3. The highest BCUT2D eigenvalue weighted by molar-refractivity contribution is 6.01. The minimum absolute atomic E-state index is 0.392. The number of hydrogen-bond donors (Lipinski definition) is 1. The number of methoxy groups -OCH3 is 1. The molecular formula is C23H25N3O2. The van der Waals surface area contributed by atoms with Gasteiger partial charge in [-0.1, -0.05) is 30.3 Å². The number of hydrogen-bond acceptors (Lipinski definition) is 5. The third kappa shape index (κ3) is 3.10. The number of anilines is 1. The Bertz CT molecular complexity index is 1010. The van der Waals surface area contributed by atoms with Crippen molar-refractivity contribution in [1.82, 2.24) is 10.2 Å². The number of ether oxygens (including phenoxy) is 2. The van der Waals surface area contributed by atoms with Crippen molar-refractivity contribution < 1.29 is 9.47 Å². The van der Waals surface area contributed by atoms with Crippen molar-refractivity contribution in [2.45, 2.75) is 50.9 Å². The van der Waals surface area contributed by atoms with E-state index in [1.807, 2.05) is 12.1 Å². The molecule has 2 aliphatic rings. The van der Waals surface area contributed by atoms with Crippen molar-refractivity contribution in [2.75, 3.05) is 12.4 Å². The number of rotatable bonds is 4. The van der Waals surface area contributed by atoms with Gasteiger partial charge in [-0.2, -0.15) is 0 Å². The highest BCUT2D eigenvalue weighted by atomic mass is 16.5. The van der Waals surface area contributed by atoms with E-state index in [2.05, 4.69) is 52.8 Å². The van der Waals surface area contributed by atoms with Crippen LogP contribution < -0.4 is 10.1 Å². The first-order valence-electron chi connectivity index (χ1n) is 10.0. The Morgan fingerprint density at radius 1 is 1.00 bits per heavy atom. The maximum atomic E-state index is 5.97. The number of nitrogens with one attached hydrogen (secondary N) is 1. The van der Waals surface area contributed by atoms with Crippen LogP contribution in [-0.2, 0) is 4.74 Å². The summed E-state index contributed by atoms with van der Waals surface area (Å²) in [4.78, 5) is 0. The van der Waals surface area contributed by atoms with E-state index in [-0.39, 0.29) is 0 Å². The van der Waals surface area contributed by atoms with Crippen LogP contribution >= 0.6 is 0 Å². The van der Waals surface area contributed by atoms with E-state index in [9.17, 15) is 0 Å². The summed E-state index contributed by atoms with van der Waals surface area (Å²) in [5.41, 5.74) is 2.97. The van der Waals surface area contributed by atoms with Crippen molar-refractivity contribution >= 4 is 16.6 Å². The van der Waals surface area contributed by atoms with E-state index >= 15 is 0 Å². The Morgan fingerprint density at radius 2 is 1.75 bits per heavy atom. The van der Waals surface area contributed by atoms with Gasteiger partial charge in [-0.05, 0) is 50.3 Å². The summed E-state index contributed by atoms with van der Waals surface area (Å²) in [7, 11) is 1.70. The van der Waals surface area contributed by atoms with Crippen LogP contribution in [0.5, 0.6) is 5.75 Å². The second-order valence-corrected chi connectivity index (χ2v) is 7.92. The fourth-order valence-electron chi connectivity index (χ4n) is 4.57. The molecule has 2 bridgehead atoms. The topological polar surface area (TPSA) is 56.3 Å². The number of aromatic nitrogens is 2. The van der Waals surface area contributed by atoms with Crippen LogP contribution in [0.4, 0.5) is 5.82 Å². The molecule has 0 saturated carbocycles. The summed E-state index contributed by atoms with van der Waals surface area (Å²) >= 11 is 0. The van der Waals surface area contributed by atoms with E-state index in [0.29, 0.717) is 18.2 Å². The SMILES string of the molecule is COc1cc(C)ccc1-c1nnc(NC2CC3CCC(C2)O3)c2ccccc12. The fraction of sp³-hybridized carbons (Fsp3) is 0.391. The average Bonchev–Trinajstić information content (AvgIpc) is 3.06. The number of aryl methyl sites for hydroxylation is 1. The molecule has 28 heavy (non-hydrogen) atoms. The molecule has 0 aliphatic carbocycles. The summed E-state index contributed by atoms with van der Waals surface area (Å²) in [5, 5.41) is 15.0. The second-order valence-electron chi connectivity index (χ2n) is 7.92. The first kappa shape index (κ1) is 17.4. The van der Waals surface area contributed by atoms with Gasteiger partial charge in [-0.15, -0.1) is 10.2 Å². The summed E-state index contributed by atoms with van der Waals surface area (Å²) in [6.45, 7) is 2.06. The van der Waals surface area contributed by atoms with Crippen molar-refractivity contribution in [1.29, 1.82) is 0 Å². The second kappa shape index (κ2) is 7.06. The average molecular weight is 375 g/mol. The molecule has 2 aromatic carbocycles. The lowest BCUT2D eigenvalue weighted by Gasteiger charge is -2.29. The Hall–Kier alpha value is -2.66. The highest BCUT2D eigenvalue weighted by Gasteiger charge is 2.35.